The highest BCUT2D eigenvalue weighted by Gasteiger charge is 2.23. The van der Waals surface area contributed by atoms with Gasteiger partial charge in [-0.15, -0.1) is 0 Å². The molecule has 1 aliphatic rings. The summed E-state index contributed by atoms with van der Waals surface area (Å²) in [6.07, 6.45) is 1.22. The summed E-state index contributed by atoms with van der Waals surface area (Å²) < 4.78 is 12.7. The minimum atomic E-state index is -0.819. The van der Waals surface area contributed by atoms with Gasteiger partial charge in [-0.25, -0.2) is 9.18 Å². The molecule has 92 valence electrons. The molecule has 4 nitrogen and oxygen atoms in total. The number of benzene rings is 1. The molecule has 0 radical (unpaired) electrons. The van der Waals surface area contributed by atoms with Gasteiger partial charge in [-0.1, -0.05) is 12.1 Å². The number of hydrogen-bond donors (Lipinski definition) is 3. The number of halogens is 1. The summed E-state index contributed by atoms with van der Waals surface area (Å²) in [5, 5.41) is 15.1. The van der Waals surface area contributed by atoms with Gasteiger partial charge in [0.05, 0.1) is 6.10 Å². The maximum Gasteiger partial charge on any atom is 0.315 e. The van der Waals surface area contributed by atoms with Crippen LogP contribution < -0.4 is 10.6 Å². The summed E-state index contributed by atoms with van der Waals surface area (Å²) in [5.74, 6) is -0.347. The number of aliphatic hydroxyl groups is 1. The van der Waals surface area contributed by atoms with Crippen molar-refractivity contribution in [3.8, 4) is 0 Å². The Balaban J connectivity index is 1.77. The maximum atomic E-state index is 12.7. The monoisotopic (exact) mass is 238 g/mol. The van der Waals surface area contributed by atoms with E-state index in [0.717, 1.165) is 12.8 Å². The number of amides is 2. The van der Waals surface area contributed by atoms with Crippen LogP contribution in [-0.4, -0.2) is 23.7 Å². The van der Waals surface area contributed by atoms with Crippen LogP contribution in [0, 0.1) is 5.82 Å². The summed E-state index contributed by atoms with van der Waals surface area (Å²) in [6.45, 7) is 0.115. The van der Waals surface area contributed by atoms with Crippen LogP contribution in [0.25, 0.3) is 0 Å². The van der Waals surface area contributed by atoms with Gasteiger partial charge < -0.3 is 15.7 Å². The van der Waals surface area contributed by atoms with Crippen LogP contribution >= 0.6 is 0 Å². The normalized spacial score (nSPS) is 16.4. The van der Waals surface area contributed by atoms with Crippen LogP contribution in [0.1, 0.15) is 24.5 Å². The molecule has 1 atom stereocenters. The standard InChI is InChI=1S/C12H15FN2O2/c13-9-3-1-8(2-4-9)11(16)7-14-12(17)15-10-5-6-10/h1-4,10-11,16H,5-7H2,(H2,14,15,17). The summed E-state index contributed by atoms with van der Waals surface area (Å²) in [7, 11) is 0. The Bertz CT molecular complexity index is 390. The minimum absolute atomic E-state index is 0.115. The second kappa shape index (κ2) is 5.14. The van der Waals surface area contributed by atoms with Crippen LogP contribution in [0.4, 0.5) is 9.18 Å². The van der Waals surface area contributed by atoms with E-state index in [1.165, 1.54) is 24.3 Å². The largest absolute Gasteiger partial charge is 0.387 e. The zero-order chi connectivity index (χ0) is 12.3. The second-order valence-electron chi connectivity index (χ2n) is 4.20. The van der Waals surface area contributed by atoms with E-state index in [1.807, 2.05) is 0 Å². The van der Waals surface area contributed by atoms with Crippen LogP contribution in [0.3, 0.4) is 0 Å². The molecule has 0 heterocycles. The Morgan fingerprint density at radius 2 is 2.06 bits per heavy atom. The van der Waals surface area contributed by atoms with Crippen LogP contribution in [-0.2, 0) is 0 Å². The van der Waals surface area contributed by atoms with Gasteiger partial charge >= 0.3 is 6.03 Å². The van der Waals surface area contributed by atoms with Gasteiger partial charge in [0.25, 0.3) is 0 Å². The van der Waals surface area contributed by atoms with E-state index >= 15 is 0 Å². The van der Waals surface area contributed by atoms with E-state index in [1.54, 1.807) is 0 Å². The summed E-state index contributed by atoms with van der Waals surface area (Å²) in [5.41, 5.74) is 0.582. The fraction of sp³-hybridized carbons (Fsp3) is 0.417. The highest BCUT2D eigenvalue weighted by Crippen LogP contribution is 2.18. The molecule has 0 saturated heterocycles. The first-order valence-corrected chi connectivity index (χ1v) is 5.63. The van der Waals surface area contributed by atoms with Crippen molar-refractivity contribution in [1.82, 2.24) is 10.6 Å². The lowest BCUT2D eigenvalue weighted by atomic mass is 10.1. The molecule has 2 amide bonds. The molecule has 0 aliphatic heterocycles. The van der Waals surface area contributed by atoms with Gasteiger partial charge in [0.15, 0.2) is 0 Å². The van der Waals surface area contributed by atoms with Gasteiger partial charge in [-0.05, 0) is 30.5 Å². The highest BCUT2D eigenvalue weighted by molar-refractivity contribution is 5.74. The van der Waals surface area contributed by atoms with Crippen molar-refractivity contribution < 1.29 is 14.3 Å². The molecule has 1 unspecified atom stereocenters. The Morgan fingerprint density at radius 3 is 2.65 bits per heavy atom. The summed E-state index contributed by atoms with van der Waals surface area (Å²) in [4.78, 5) is 11.3. The van der Waals surface area contributed by atoms with Gasteiger partial charge in [0.1, 0.15) is 5.82 Å². The SMILES string of the molecule is O=C(NCC(O)c1ccc(F)cc1)NC1CC1. The second-order valence-corrected chi connectivity index (χ2v) is 4.20. The molecule has 2 rings (SSSR count). The number of carbonyl (C=O) groups is 1. The topological polar surface area (TPSA) is 61.4 Å². The van der Waals surface area contributed by atoms with Gasteiger partial charge in [0, 0.05) is 12.6 Å². The zero-order valence-corrected chi connectivity index (χ0v) is 9.32. The molecule has 0 bridgehead atoms. The van der Waals surface area contributed by atoms with Crippen LogP contribution in [0.15, 0.2) is 24.3 Å². The van der Waals surface area contributed by atoms with Gasteiger partial charge in [-0.3, -0.25) is 0 Å². The average Bonchev–Trinajstić information content (AvgIpc) is 3.11. The third-order valence-corrected chi connectivity index (χ3v) is 2.62. The zero-order valence-electron chi connectivity index (χ0n) is 9.32. The van der Waals surface area contributed by atoms with Crippen molar-refractivity contribution in [2.75, 3.05) is 6.54 Å². The molecule has 1 aromatic rings. The molecule has 17 heavy (non-hydrogen) atoms. The molecule has 1 aliphatic carbocycles. The van der Waals surface area contributed by atoms with E-state index in [-0.39, 0.29) is 24.4 Å². The Morgan fingerprint density at radius 1 is 1.41 bits per heavy atom. The third-order valence-electron chi connectivity index (χ3n) is 2.62. The van der Waals surface area contributed by atoms with E-state index in [2.05, 4.69) is 10.6 Å². The Labute approximate surface area is 98.8 Å². The number of rotatable bonds is 4. The maximum absolute atomic E-state index is 12.7. The third kappa shape index (κ3) is 3.71. The first-order valence-electron chi connectivity index (χ1n) is 5.63. The summed E-state index contributed by atoms with van der Waals surface area (Å²) in [6, 6.07) is 5.58. The van der Waals surface area contributed by atoms with Gasteiger partial charge in [0.2, 0.25) is 0 Å². The highest BCUT2D eigenvalue weighted by atomic mass is 19.1. The fourth-order valence-corrected chi connectivity index (χ4v) is 1.46. The molecular weight excluding hydrogens is 223 g/mol. The lowest BCUT2D eigenvalue weighted by Gasteiger charge is -2.12. The number of urea groups is 1. The van der Waals surface area contributed by atoms with Crippen molar-refractivity contribution in [1.29, 1.82) is 0 Å². The lowest BCUT2D eigenvalue weighted by molar-refractivity contribution is 0.173. The number of nitrogens with one attached hydrogen (secondary N) is 2. The van der Waals surface area contributed by atoms with E-state index in [4.69, 9.17) is 0 Å². The molecule has 3 N–H and O–H groups in total. The van der Waals surface area contributed by atoms with Crippen molar-refractivity contribution >= 4 is 6.03 Å². The summed E-state index contributed by atoms with van der Waals surface area (Å²) >= 11 is 0. The van der Waals surface area contributed by atoms with Gasteiger partial charge in [-0.2, -0.15) is 0 Å². The average molecular weight is 238 g/mol. The Hall–Kier alpha value is -1.62. The molecule has 0 spiro atoms. The predicted octanol–water partition coefficient (Wildman–Crippen LogP) is 1.32. The molecule has 1 fully saturated rings. The molecule has 1 saturated carbocycles. The predicted molar refractivity (Wildman–Crippen MR) is 60.9 cm³/mol. The Kier molecular flexibility index (Phi) is 3.58. The van der Waals surface area contributed by atoms with Crippen molar-refractivity contribution in [3.05, 3.63) is 35.6 Å². The van der Waals surface area contributed by atoms with Crippen molar-refractivity contribution in [3.63, 3.8) is 0 Å². The van der Waals surface area contributed by atoms with Crippen LogP contribution in [0.5, 0.6) is 0 Å². The molecule has 1 aromatic carbocycles. The van der Waals surface area contributed by atoms with E-state index in [9.17, 15) is 14.3 Å². The first-order chi connectivity index (χ1) is 8.15. The smallest absolute Gasteiger partial charge is 0.315 e. The number of aliphatic hydroxyl groups excluding tert-OH is 1. The first kappa shape index (κ1) is 11.9. The van der Waals surface area contributed by atoms with Crippen molar-refractivity contribution in [2.45, 2.75) is 25.0 Å². The molecular formula is C12H15FN2O2. The fourth-order valence-electron chi connectivity index (χ4n) is 1.46. The molecule has 0 aromatic heterocycles. The van der Waals surface area contributed by atoms with Crippen molar-refractivity contribution in [2.24, 2.45) is 0 Å². The minimum Gasteiger partial charge on any atom is -0.387 e. The number of hydrogen-bond acceptors (Lipinski definition) is 2. The van der Waals surface area contributed by atoms with E-state index < -0.39 is 6.10 Å². The number of carbonyl (C=O) groups excluding carboxylic acids is 1. The quantitative estimate of drug-likeness (QED) is 0.741. The van der Waals surface area contributed by atoms with E-state index in [0.29, 0.717) is 5.56 Å². The lowest BCUT2D eigenvalue weighted by Crippen LogP contribution is -2.38. The molecule has 5 heteroatoms. The van der Waals surface area contributed by atoms with Crippen LogP contribution in [0.2, 0.25) is 0 Å².